The van der Waals surface area contributed by atoms with Gasteiger partial charge in [-0.15, -0.1) is 21.5 Å². The molecule has 3 aromatic rings. The molecule has 0 unspecified atom stereocenters. The van der Waals surface area contributed by atoms with Crippen molar-refractivity contribution < 1.29 is 4.39 Å². The first-order valence-corrected chi connectivity index (χ1v) is 9.73. The Morgan fingerprint density at radius 2 is 1.96 bits per heavy atom. The number of halogens is 1. The zero-order valence-electron chi connectivity index (χ0n) is 14.6. The molecular weight excluding hydrogens is 357 g/mol. The van der Waals surface area contributed by atoms with Gasteiger partial charge in [0.25, 0.3) is 0 Å². The van der Waals surface area contributed by atoms with Crippen molar-refractivity contribution in [3.8, 4) is 5.69 Å². The number of nitrogens with zero attached hydrogens (tertiary/aromatic N) is 5. The lowest BCUT2D eigenvalue weighted by atomic mass is 10.2. The number of thioether (sulfide) groups is 1. The molecule has 5 nitrogen and oxygen atoms in total. The minimum atomic E-state index is -0.258. The van der Waals surface area contributed by atoms with Crippen LogP contribution in [0, 0.1) is 12.7 Å². The summed E-state index contributed by atoms with van der Waals surface area (Å²) < 4.78 is 15.3. The average molecular weight is 378 g/mol. The Bertz CT molecular complexity index is 841. The van der Waals surface area contributed by atoms with E-state index in [0.717, 1.165) is 33.1 Å². The smallest absolute Gasteiger partial charge is 0.196 e. The third-order valence-corrected chi connectivity index (χ3v) is 5.69. The standard InChI is InChI=1S/C17H20FN5S2/c1-11(22(3)4)16-20-21-17(25-10-14-9-24-12(2)19-14)23(16)15-7-5-13(18)6-8-15/h5-9,11H,10H2,1-4H3/t11-/m0/s1. The van der Waals surface area contributed by atoms with E-state index in [1.807, 2.05) is 25.6 Å². The van der Waals surface area contributed by atoms with Crippen LogP contribution < -0.4 is 0 Å². The molecule has 0 fully saturated rings. The van der Waals surface area contributed by atoms with Gasteiger partial charge in [-0.05, 0) is 52.2 Å². The van der Waals surface area contributed by atoms with Crippen LogP contribution in [0.15, 0.2) is 34.8 Å². The maximum Gasteiger partial charge on any atom is 0.196 e. The summed E-state index contributed by atoms with van der Waals surface area (Å²) >= 11 is 3.22. The second-order valence-electron chi connectivity index (χ2n) is 5.94. The van der Waals surface area contributed by atoms with Gasteiger partial charge >= 0.3 is 0 Å². The normalized spacial score (nSPS) is 12.7. The zero-order chi connectivity index (χ0) is 18.0. The van der Waals surface area contributed by atoms with E-state index in [2.05, 4.69) is 32.4 Å². The van der Waals surface area contributed by atoms with E-state index in [4.69, 9.17) is 0 Å². The first kappa shape index (κ1) is 18.0. The first-order chi connectivity index (χ1) is 12.0. The van der Waals surface area contributed by atoms with Crippen LogP contribution in [0.4, 0.5) is 4.39 Å². The van der Waals surface area contributed by atoms with Gasteiger partial charge < -0.3 is 0 Å². The molecule has 0 spiro atoms. The summed E-state index contributed by atoms with van der Waals surface area (Å²) in [5.41, 5.74) is 1.88. The average Bonchev–Trinajstić information content (AvgIpc) is 3.19. The fraction of sp³-hybridized carbons (Fsp3) is 0.353. The van der Waals surface area contributed by atoms with Crippen molar-refractivity contribution in [1.29, 1.82) is 0 Å². The number of benzene rings is 1. The summed E-state index contributed by atoms with van der Waals surface area (Å²) in [5.74, 6) is 1.29. The van der Waals surface area contributed by atoms with Crippen molar-refractivity contribution in [2.75, 3.05) is 14.1 Å². The third kappa shape index (κ3) is 4.08. The lowest BCUT2D eigenvalue weighted by Gasteiger charge is -2.20. The second kappa shape index (κ2) is 7.63. The van der Waals surface area contributed by atoms with Gasteiger partial charge in [0.15, 0.2) is 11.0 Å². The van der Waals surface area contributed by atoms with E-state index in [1.54, 1.807) is 35.2 Å². The van der Waals surface area contributed by atoms with E-state index < -0.39 is 0 Å². The topological polar surface area (TPSA) is 46.8 Å². The molecular formula is C17H20FN5S2. The Hall–Kier alpha value is -1.77. The summed E-state index contributed by atoms with van der Waals surface area (Å²) in [4.78, 5) is 6.56. The third-order valence-electron chi connectivity index (χ3n) is 3.91. The van der Waals surface area contributed by atoms with Crippen LogP contribution in [-0.4, -0.2) is 38.7 Å². The molecule has 0 N–H and O–H groups in total. The fourth-order valence-corrected chi connectivity index (χ4v) is 3.89. The highest BCUT2D eigenvalue weighted by atomic mass is 32.2. The van der Waals surface area contributed by atoms with Crippen molar-refractivity contribution in [3.63, 3.8) is 0 Å². The van der Waals surface area contributed by atoms with Gasteiger partial charge in [-0.1, -0.05) is 11.8 Å². The van der Waals surface area contributed by atoms with Gasteiger partial charge in [-0.3, -0.25) is 9.47 Å². The van der Waals surface area contributed by atoms with Crippen molar-refractivity contribution in [2.24, 2.45) is 0 Å². The molecule has 2 aromatic heterocycles. The number of aromatic nitrogens is 4. The Kier molecular flexibility index (Phi) is 5.51. The van der Waals surface area contributed by atoms with Gasteiger partial charge in [0, 0.05) is 16.8 Å². The van der Waals surface area contributed by atoms with Crippen molar-refractivity contribution >= 4 is 23.1 Å². The summed E-state index contributed by atoms with van der Waals surface area (Å²) in [6.07, 6.45) is 0. The summed E-state index contributed by atoms with van der Waals surface area (Å²) in [6, 6.07) is 6.49. The summed E-state index contributed by atoms with van der Waals surface area (Å²) in [7, 11) is 4.00. The number of rotatable bonds is 6. The molecule has 1 atom stereocenters. The van der Waals surface area contributed by atoms with Crippen LogP contribution in [0.25, 0.3) is 5.69 Å². The van der Waals surface area contributed by atoms with Gasteiger partial charge in [0.2, 0.25) is 0 Å². The molecule has 0 saturated heterocycles. The van der Waals surface area contributed by atoms with E-state index in [9.17, 15) is 4.39 Å². The molecule has 132 valence electrons. The monoisotopic (exact) mass is 377 g/mol. The largest absolute Gasteiger partial charge is 0.300 e. The summed E-state index contributed by atoms with van der Waals surface area (Å²) in [6.45, 7) is 4.07. The lowest BCUT2D eigenvalue weighted by molar-refractivity contribution is 0.305. The quantitative estimate of drug-likeness (QED) is 0.606. The van der Waals surface area contributed by atoms with Gasteiger partial charge in [0.05, 0.1) is 16.7 Å². The summed E-state index contributed by atoms with van der Waals surface area (Å²) in [5, 5.41) is 12.7. The molecule has 0 radical (unpaired) electrons. The Balaban J connectivity index is 1.95. The Morgan fingerprint density at radius 1 is 1.24 bits per heavy atom. The molecule has 0 aliphatic heterocycles. The molecule has 0 saturated carbocycles. The number of hydrogen-bond donors (Lipinski definition) is 0. The highest BCUT2D eigenvalue weighted by molar-refractivity contribution is 7.98. The van der Waals surface area contributed by atoms with Crippen molar-refractivity contribution in [2.45, 2.75) is 30.8 Å². The molecule has 8 heteroatoms. The highest BCUT2D eigenvalue weighted by Gasteiger charge is 2.21. The highest BCUT2D eigenvalue weighted by Crippen LogP contribution is 2.29. The molecule has 0 bridgehead atoms. The Labute approximate surface area is 154 Å². The van der Waals surface area contributed by atoms with Crippen molar-refractivity contribution in [1.82, 2.24) is 24.6 Å². The van der Waals surface area contributed by atoms with E-state index in [-0.39, 0.29) is 11.9 Å². The molecule has 25 heavy (non-hydrogen) atoms. The van der Waals surface area contributed by atoms with Gasteiger partial charge in [0.1, 0.15) is 5.82 Å². The SMILES string of the molecule is Cc1nc(CSc2nnc([C@H](C)N(C)C)n2-c2ccc(F)cc2)cs1. The molecule has 0 aliphatic rings. The van der Waals surface area contributed by atoms with Gasteiger partial charge in [-0.25, -0.2) is 9.37 Å². The number of aryl methyl sites for hydroxylation is 1. The predicted molar refractivity (Wildman–Crippen MR) is 99.8 cm³/mol. The second-order valence-corrected chi connectivity index (χ2v) is 7.94. The maximum atomic E-state index is 13.3. The minimum Gasteiger partial charge on any atom is -0.300 e. The molecule has 3 rings (SSSR count). The van der Waals surface area contributed by atoms with Crippen LogP contribution in [0.3, 0.4) is 0 Å². The minimum absolute atomic E-state index is 0.0772. The van der Waals surface area contributed by atoms with E-state index in [0.29, 0.717) is 0 Å². The van der Waals surface area contributed by atoms with Gasteiger partial charge in [-0.2, -0.15) is 0 Å². The fourth-order valence-electron chi connectivity index (χ4n) is 2.32. The Morgan fingerprint density at radius 3 is 2.56 bits per heavy atom. The number of hydrogen-bond acceptors (Lipinski definition) is 6. The van der Waals surface area contributed by atoms with E-state index >= 15 is 0 Å². The van der Waals surface area contributed by atoms with Crippen LogP contribution in [-0.2, 0) is 5.75 Å². The molecule has 2 heterocycles. The first-order valence-electron chi connectivity index (χ1n) is 7.87. The van der Waals surface area contributed by atoms with Crippen LogP contribution in [0.5, 0.6) is 0 Å². The van der Waals surface area contributed by atoms with E-state index in [1.165, 1.54) is 12.1 Å². The van der Waals surface area contributed by atoms with Crippen LogP contribution in [0.2, 0.25) is 0 Å². The predicted octanol–water partition coefficient (Wildman–Crippen LogP) is 4.09. The molecule has 0 amide bonds. The van der Waals surface area contributed by atoms with Crippen LogP contribution >= 0.6 is 23.1 Å². The van der Waals surface area contributed by atoms with Crippen molar-refractivity contribution in [3.05, 3.63) is 52.0 Å². The lowest BCUT2D eigenvalue weighted by Crippen LogP contribution is -2.20. The molecule has 0 aliphatic carbocycles. The number of thiazole rings is 1. The van der Waals surface area contributed by atoms with Crippen LogP contribution in [0.1, 0.15) is 29.5 Å². The molecule has 1 aromatic carbocycles. The maximum absolute atomic E-state index is 13.3. The zero-order valence-corrected chi connectivity index (χ0v) is 16.2.